The van der Waals surface area contributed by atoms with Gasteiger partial charge in [-0.25, -0.2) is 0 Å². The van der Waals surface area contributed by atoms with Crippen LogP contribution in [0.1, 0.15) is 75.2 Å². The van der Waals surface area contributed by atoms with Crippen molar-refractivity contribution in [1.82, 2.24) is 0 Å². The zero-order chi connectivity index (χ0) is 26.5. The fourth-order valence-corrected chi connectivity index (χ4v) is 6.27. The topological polar surface area (TPSA) is 96.0 Å². The molecule has 0 saturated heterocycles. The molecule has 2 fully saturated rings. The Balaban J connectivity index is 2.17. The molecule has 0 radical (unpaired) electrons. The summed E-state index contributed by atoms with van der Waals surface area (Å²) in [4.78, 5) is 50.9. The molecule has 3 aliphatic carbocycles. The van der Waals surface area contributed by atoms with Crippen molar-refractivity contribution in [3.05, 3.63) is 23.3 Å². The molecule has 0 aliphatic heterocycles. The highest BCUT2D eigenvalue weighted by Crippen LogP contribution is 2.63. The Morgan fingerprint density at radius 1 is 1.00 bits per heavy atom. The molecule has 0 N–H and O–H groups in total. The number of hydrogen-bond donors (Lipinski definition) is 0. The Kier molecular flexibility index (Phi) is 7.41. The summed E-state index contributed by atoms with van der Waals surface area (Å²) >= 11 is 0. The molecule has 2 saturated carbocycles. The van der Waals surface area contributed by atoms with Gasteiger partial charge in [0.05, 0.1) is 11.8 Å². The molecule has 0 spiro atoms. The molecule has 7 nitrogen and oxygen atoms in total. The average Bonchev–Trinajstić information content (AvgIpc) is 3.16. The first kappa shape index (κ1) is 27.2. The summed E-state index contributed by atoms with van der Waals surface area (Å²) in [5.74, 6) is -2.60. The molecule has 0 bridgehead atoms. The van der Waals surface area contributed by atoms with Gasteiger partial charge in [0.25, 0.3) is 0 Å². The smallest absolute Gasteiger partial charge is 0.308 e. The number of fused-ring (bicyclic) bond motifs is 2. The third-order valence-electron chi connectivity index (χ3n) is 8.00. The number of carbonyl (C=O) groups is 4. The molecule has 0 aromatic rings. The maximum atomic E-state index is 14.1. The molecule has 7 atom stereocenters. The van der Waals surface area contributed by atoms with Gasteiger partial charge in [-0.1, -0.05) is 52.3 Å². The molecule has 0 unspecified atom stereocenters. The summed E-state index contributed by atoms with van der Waals surface area (Å²) in [5.41, 5.74) is -0.209. The monoisotopic (exact) mass is 488 g/mol. The first-order chi connectivity index (χ1) is 16.1. The Bertz CT molecular complexity index is 972. The van der Waals surface area contributed by atoms with Crippen LogP contribution in [-0.2, 0) is 33.4 Å². The second-order valence-electron chi connectivity index (χ2n) is 11.7. The van der Waals surface area contributed by atoms with Crippen molar-refractivity contribution in [3.8, 4) is 0 Å². The van der Waals surface area contributed by atoms with E-state index < -0.39 is 23.6 Å². The van der Waals surface area contributed by atoms with E-state index in [0.29, 0.717) is 12.0 Å². The minimum absolute atomic E-state index is 0.0444. The van der Waals surface area contributed by atoms with Gasteiger partial charge in [0, 0.05) is 32.6 Å². The van der Waals surface area contributed by atoms with Crippen LogP contribution < -0.4 is 0 Å². The fraction of sp³-hybridized carbons (Fsp3) is 0.714. The molecule has 7 heteroatoms. The number of hydrogen-bond acceptors (Lipinski definition) is 7. The highest BCUT2D eigenvalue weighted by molar-refractivity contribution is 6.03. The van der Waals surface area contributed by atoms with Crippen molar-refractivity contribution in [2.24, 2.45) is 35.0 Å². The van der Waals surface area contributed by atoms with Gasteiger partial charge in [0.2, 0.25) is 5.78 Å². The van der Waals surface area contributed by atoms with Crippen LogP contribution in [0.5, 0.6) is 0 Å². The summed E-state index contributed by atoms with van der Waals surface area (Å²) in [6, 6.07) is 0. The predicted octanol–water partition coefficient (Wildman–Crippen LogP) is 4.58. The largest absolute Gasteiger partial charge is 0.462 e. The Hall–Kier alpha value is -2.44. The summed E-state index contributed by atoms with van der Waals surface area (Å²) in [6.45, 7) is 16.0. The Morgan fingerprint density at radius 2 is 1.63 bits per heavy atom. The van der Waals surface area contributed by atoms with Crippen molar-refractivity contribution in [2.75, 3.05) is 0 Å². The molecule has 35 heavy (non-hydrogen) atoms. The Morgan fingerprint density at radius 3 is 2.17 bits per heavy atom. The van der Waals surface area contributed by atoms with Crippen LogP contribution in [0.4, 0.5) is 0 Å². The van der Waals surface area contributed by atoms with E-state index in [1.165, 1.54) is 13.8 Å². The van der Waals surface area contributed by atoms with Crippen molar-refractivity contribution in [2.45, 2.75) is 93.0 Å². The lowest BCUT2D eigenvalue weighted by atomic mass is 9.81. The summed E-state index contributed by atoms with van der Waals surface area (Å²) in [7, 11) is 0. The number of ether oxygens (including phenoxy) is 3. The predicted molar refractivity (Wildman–Crippen MR) is 130 cm³/mol. The molecule has 194 valence electrons. The van der Waals surface area contributed by atoms with Gasteiger partial charge in [-0.3, -0.25) is 19.2 Å². The summed E-state index contributed by atoms with van der Waals surface area (Å²) in [5, 5.41) is 0. The molecule has 0 heterocycles. The van der Waals surface area contributed by atoms with Gasteiger partial charge in [-0.2, -0.15) is 0 Å². The van der Waals surface area contributed by atoms with Gasteiger partial charge in [0.15, 0.2) is 5.60 Å². The van der Waals surface area contributed by atoms with E-state index in [-0.39, 0.29) is 59.3 Å². The molecular formula is C28H40O7. The third-order valence-corrected chi connectivity index (χ3v) is 8.00. The quantitative estimate of drug-likeness (QED) is 0.325. The first-order valence-electron chi connectivity index (χ1n) is 12.6. The van der Waals surface area contributed by atoms with Crippen LogP contribution in [0, 0.1) is 35.0 Å². The van der Waals surface area contributed by atoms with Crippen LogP contribution in [0.2, 0.25) is 0 Å². The fourth-order valence-electron chi connectivity index (χ4n) is 6.27. The number of allylic oxidation sites excluding steroid dienone is 1. The van der Waals surface area contributed by atoms with E-state index in [2.05, 4.69) is 13.8 Å². The van der Waals surface area contributed by atoms with Gasteiger partial charge in [0.1, 0.15) is 12.2 Å². The number of ketones is 1. The Labute approximate surface area is 208 Å². The zero-order valence-electron chi connectivity index (χ0n) is 22.5. The summed E-state index contributed by atoms with van der Waals surface area (Å²) < 4.78 is 17.6. The van der Waals surface area contributed by atoms with Gasteiger partial charge >= 0.3 is 17.9 Å². The van der Waals surface area contributed by atoms with Crippen LogP contribution in [0.3, 0.4) is 0 Å². The molecular weight excluding hydrogens is 448 g/mol. The van der Waals surface area contributed by atoms with Crippen molar-refractivity contribution in [1.29, 1.82) is 0 Å². The zero-order valence-corrected chi connectivity index (χ0v) is 22.5. The standard InChI is InChI=1S/C28H40O7/c1-14(2)26(32)34-24-17(5)13-28(35-19(7)30)21(24)10-15(3)11-22(33-18(6)29)23-20(27(23,8)9)12-16(4)25(28)31/h10,12,14,17,20-24H,11,13H2,1-9H3/t17-,20-,21+,22-,23-,24+,28-/m1/s1. The van der Waals surface area contributed by atoms with Crippen LogP contribution in [0.15, 0.2) is 23.3 Å². The average molecular weight is 489 g/mol. The number of esters is 3. The van der Waals surface area contributed by atoms with E-state index >= 15 is 0 Å². The highest BCUT2D eigenvalue weighted by Gasteiger charge is 2.63. The van der Waals surface area contributed by atoms with Crippen molar-refractivity contribution >= 4 is 23.7 Å². The first-order valence-corrected chi connectivity index (χ1v) is 12.6. The van der Waals surface area contributed by atoms with Crippen molar-refractivity contribution in [3.63, 3.8) is 0 Å². The maximum Gasteiger partial charge on any atom is 0.308 e. The second-order valence-corrected chi connectivity index (χ2v) is 11.7. The summed E-state index contributed by atoms with van der Waals surface area (Å²) in [6.07, 6.45) is 3.62. The number of rotatable bonds is 4. The molecule has 0 amide bonds. The van der Waals surface area contributed by atoms with E-state index in [0.717, 1.165) is 5.57 Å². The van der Waals surface area contributed by atoms with Gasteiger partial charge in [-0.15, -0.1) is 0 Å². The molecule has 0 aromatic heterocycles. The lowest BCUT2D eigenvalue weighted by Crippen LogP contribution is -2.49. The van der Waals surface area contributed by atoms with E-state index in [1.807, 2.05) is 26.0 Å². The minimum atomic E-state index is -1.47. The normalized spacial score (nSPS) is 36.1. The van der Waals surface area contributed by atoms with Gasteiger partial charge in [-0.05, 0) is 36.7 Å². The van der Waals surface area contributed by atoms with Crippen molar-refractivity contribution < 1.29 is 33.4 Å². The van der Waals surface area contributed by atoms with Crippen LogP contribution in [0.25, 0.3) is 0 Å². The minimum Gasteiger partial charge on any atom is -0.462 e. The van der Waals surface area contributed by atoms with Crippen LogP contribution in [-0.4, -0.2) is 41.5 Å². The van der Waals surface area contributed by atoms with E-state index in [1.54, 1.807) is 20.8 Å². The maximum absolute atomic E-state index is 14.1. The SMILES string of the molecule is CC(=O)O[C@@H]1CC(C)=C[C@H]2[C@@H](OC(=O)C(C)C)[C@H](C)C[C@]2(OC(C)=O)C(=O)C(C)=C[C@@H]2[C@H]1C2(C)C. The van der Waals surface area contributed by atoms with E-state index in [9.17, 15) is 19.2 Å². The number of carbonyl (C=O) groups excluding carboxylic acids is 4. The second kappa shape index (κ2) is 9.55. The molecule has 3 rings (SSSR count). The highest BCUT2D eigenvalue weighted by atomic mass is 16.6. The van der Waals surface area contributed by atoms with E-state index in [4.69, 9.17) is 14.2 Å². The molecule has 0 aromatic carbocycles. The molecule has 3 aliphatic rings. The third kappa shape index (κ3) is 5.10. The van der Waals surface area contributed by atoms with Gasteiger partial charge < -0.3 is 14.2 Å². The lowest BCUT2D eigenvalue weighted by molar-refractivity contribution is -0.170. The van der Waals surface area contributed by atoms with Crippen LogP contribution >= 0.6 is 0 Å². The number of Topliss-reactive ketones (excluding diaryl/α,β-unsaturated/α-hetero) is 1. The lowest BCUT2D eigenvalue weighted by Gasteiger charge is -2.34.